The third kappa shape index (κ3) is 2.43. The van der Waals surface area contributed by atoms with Gasteiger partial charge >= 0.3 is 0 Å². The van der Waals surface area contributed by atoms with Gasteiger partial charge in [-0.25, -0.2) is 0 Å². The highest BCUT2D eigenvalue weighted by Crippen LogP contribution is 2.02. The molecule has 11 heavy (non-hydrogen) atoms. The Morgan fingerprint density at radius 2 is 2.09 bits per heavy atom. The Bertz CT molecular complexity index is 119. The van der Waals surface area contributed by atoms with Crippen molar-refractivity contribution >= 4 is 0 Å². The Hall–Kier alpha value is -0.120. The van der Waals surface area contributed by atoms with Gasteiger partial charge in [0.1, 0.15) is 0 Å². The predicted molar refractivity (Wildman–Crippen MR) is 45.6 cm³/mol. The van der Waals surface area contributed by atoms with Crippen LogP contribution in [0.3, 0.4) is 0 Å². The molecule has 3 unspecified atom stereocenters. The lowest BCUT2D eigenvalue weighted by molar-refractivity contribution is 0.225. The normalized spacial score (nSPS) is 39.0. The average Bonchev–Trinajstić information content (AvgIpc) is 1.98. The van der Waals surface area contributed by atoms with Gasteiger partial charge in [0.05, 0.1) is 0 Å². The van der Waals surface area contributed by atoms with Crippen LogP contribution < -0.4 is 10.6 Å². The van der Waals surface area contributed by atoms with Gasteiger partial charge in [-0.15, -0.1) is 0 Å². The van der Waals surface area contributed by atoms with E-state index in [1.54, 1.807) is 0 Å². The van der Waals surface area contributed by atoms with Crippen molar-refractivity contribution in [2.75, 3.05) is 13.2 Å². The largest absolute Gasteiger partial charge is 0.396 e. The highest BCUT2D eigenvalue weighted by Gasteiger charge is 2.21. The maximum atomic E-state index is 8.70. The zero-order valence-electron chi connectivity index (χ0n) is 7.30. The Morgan fingerprint density at radius 1 is 1.36 bits per heavy atom. The van der Waals surface area contributed by atoms with Crippen LogP contribution in [-0.2, 0) is 0 Å². The van der Waals surface area contributed by atoms with Crippen molar-refractivity contribution < 1.29 is 5.11 Å². The first kappa shape index (κ1) is 8.97. The molecule has 0 saturated carbocycles. The number of nitrogens with one attached hydrogen (secondary N) is 2. The van der Waals surface area contributed by atoms with E-state index in [1.807, 2.05) is 0 Å². The minimum Gasteiger partial charge on any atom is -0.396 e. The van der Waals surface area contributed by atoms with Crippen molar-refractivity contribution in [3.05, 3.63) is 0 Å². The summed E-state index contributed by atoms with van der Waals surface area (Å²) in [4.78, 5) is 0. The van der Waals surface area contributed by atoms with Crippen molar-refractivity contribution in [3.8, 4) is 0 Å². The number of aliphatic hydroxyl groups is 1. The molecular formula is C8H18N2O. The summed E-state index contributed by atoms with van der Waals surface area (Å²) >= 11 is 0. The first-order valence-electron chi connectivity index (χ1n) is 4.34. The Kier molecular flexibility index (Phi) is 3.30. The van der Waals surface area contributed by atoms with Crippen LogP contribution in [0.25, 0.3) is 0 Å². The van der Waals surface area contributed by atoms with Gasteiger partial charge in [0, 0.05) is 31.3 Å². The second-order valence-corrected chi connectivity index (χ2v) is 3.36. The van der Waals surface area contributed by atoms with Crippen LogP contribution in [-0.4, -0.2) is 36.4 Å². The summed E-state index contributed by atoms with van der Waals surface area (Å²) in [5.41, 5.74) is 0. The van der Waals surface area contributed by atoms with Crippen LogP contribution in [0.2, 0.25) is 0 Å². The van der Waals surface area contributed by atoms with Crippen LogP contribution in [0.1, 0.15) is 20.3 Å². The van der Waals surface area contributed by atoms with E-state index in [4.69, 9.17) is 5.11 Å². The molecule has 1 aliphatic rings. The molecule has 66 valence electrons. The molecule has 3 nitrogen and oxygen atoms in total. The zero-order valence-corrected chi connectivity index (χ0v) is 7.30. The molecular weight excluding hydrogens is 140 g/mol. The molecule has 3 atom stereocenters. The summed E-state index contributed by atoms with van der Waals surface area (Å²) in [6, 6.07) is 1.51. The van der Waals surface area contributed by atoms with Gasteiger partial charge in [-0.2, -0.15) is 0 Å². The van der Waals surface area contributed by atoms with Gasteiger partial charge < -0.3 is 15.7 Å². The Morgan fingerprint density at radius 3 is 2.64 bits per heavy atom. The fourth-order valence-corrected chi connectivity index (χ4v) is 1.42. The van der Waals surface area contributed by atoms with Crippen LogP contribution >= 0.6 is 0 Å². The summed E-state index contributed by atoms with van der Waals surface area (Å²) in [7, 11) is 0. The van der Waals surface area contributed by atoms with E-state index in [0.717, 1.165) is 13.0 Å². The van der Waals surface area contributed by atoms with E-state index in [0.29, 0.717) is 18.1 Å². The average molecular weight is 158 g/mol. The van der Waals surface area contributed by atoms with Crippen molar-refractivity contribution in [2.24, 2.45) is 0 Å². The summed E-state index contributed by atoms with van der Waals surface area (Å²) in [5.74, 6) is 0. The number of rotatable bonds is 2. The van der Waals surface area contributed by atoms with Gasteiger partial charge in [0.15, 0.2) is 0 Å². The van der Waals surface area contributed by atoms with E-state index in [9.17, 15) is 0 Å². The van der Waals surface area contributed by atoms with Crippen molar-refractivity contribution in [2.45, 2.75) is 38.4 Å². The number of hydrogen-bond donors (Lipinski definition) is 3. The highest BCUT2D eigenvalue weighted by atomic mass is 16.3. The predicted octanol–water partition coefficient (Wildman–Crippen LogP) is -0.293. The van der Waals surface area contributed by atoms with Gasteiger partial charge in [-0.3, -0.25) is 0 Å². The highest BCUT2D eigenvalue weighted by molar-refractivity contribution is 4.86. The van der Waals surface area contributed by atoms with Crippen molar-refractivity contribution in [1.29, 1.82) is 0 Å². The maximum Gasteiger partial charge on any atom is 0.0446 e. The lowest BCUT2D eigenvalue weighted by Crippen LogP contribution is -2.58. The van der Waals surface area contributed by atoms with Gasteiger partial charge in [-0.1, -0.05) is 0 Å². The van der Waals surface area contributed by atoms with Gasteiger partial charge in [0.2, 0.25) is 0 Å². The monoisotopic (exact) mass is 158 g/mol. The van der Waals surface area contributed by atoms with Gasteiger partial charge in [-0.05, 0) is 20.3 Å². The SMILES string of the molecule is CC1NCC(CCO)NC1C. The molecule has 1 fully saturated rings. The van der Waals surface area contributed by atoms with Crippen LogP contribution in [0.5, 0.6) is 0 Å². The van der Waals surface area contributed by atoms with E-state index in [1.165, 1.54) is 0 Å². The van der Waals surface area contributed by atoms with Crippen LogP contribution in [0.4, 0.5) is 0 Å². The third-order valence-electron chi connectivity index (χ3n) is 2.41. The van der Waals surface area contributed by atoms with Gasteiger partial charge in [0.25, 0.3) is 0 Å². The molecule has 1 saturated heterocycles. The third-order valence-corrected chi connectivity index (χ3v) is 2.41. The number of aliphatic hydroxyl groups excluding tert-OH is 1. The zero-order chi connectivity index (χ0) is 8.27. The smallest absolute Gasteiger partial charge is 0.0446 e. The Balaban J connectivity index is 2.28. The first-order valence-corrected chi connectivity index (χ1v) is 4.34. The van der Waals surface area contributed by atoms with Crippen molar-refractivity contribution in [1.82, 2.24) is 10.6 Å². The molecule has 0 aromatic rings. The Labute approximate surface area is 68.2 Å². The molecule has 0 aromatic heterocycles. The minimum absolute atomic E-state index is 0.278. The van der Waals surface area contributed by atoms with Crippen LogP contribution in [0, 0.1) is 0 Å². The fourth-order valence-electron chi connectivity index (χ4n) is 1.42. The van der Waals surface area contributed by atoms with E-state index < -0.39 is 0 Å². The standard InChI is InChI=1S/C8H18N2O/c1-6-7(2)10-8(3-4-11)5-9-6/h6-11H,3-5H2,1-2H3. The summed E-state index contributed by atoms with van der Waals surface area (Å²) < 4.78 is 0. The molecule has 1 rings (SSSR count). The van der Waals surface area contributed by atoms with E-state index in [2.05, 4.69) is 24.5 Å². The quantitative estimate of drug-likeness (QED) is 0.517. The summed E-state index contributed by atoms with van der Waals surface area (Å²) in [6.07, 6.45) is 0.851. The fraction of sp³-hybridized carbons (Fsp3) is 1.00. The molecule has 1 heterocycles. The maximum absolute atomic E-state index is 8.70. The molecule has 0 radical (unpaired) electrons. The molecule has 1 aliphatic heterocycles. The molecule has 3 heteroatoms. The molecule has 0 spiro atoms. The molecule has 0 aromatic carbocycles. The first-order chi connectivity index (χ1) is 5.24. The van der Waals surface area contributed by atoms with Crippen molar-refractivity contribution in [3.63, 3.8) is 0 Å². The van der Waals surface area contributed by atoms with Crippen LogP contribution in [0.15, 0.2) is 0 Å². The minimum atomic E-state index is 0.278. The molecule has 3 N–H and O–H groups in total. The lowest BCUT2D eigenvalue weighted by atomic mass is 10.0. The molecule has 0 amide bonds. The summed E-state index contributed by atoms with van der Waals surface area (Å²) in [5, 5.41) is 15.5. The lowest BCUT2D eigenvalue weighted by Gasteiger charge is -2.34. The second kappa shape index (κ2) is 4.04. The number of hydrogen-bond acceptors (Lipinski definition) is 3. The summed E-state index contributed by atoms with van der Waals surface area (Å²) in [6.45, 7) is 5.60. The molecule has 0 aliphatic carbocycles. The van der Waals surface area contributed by atoms with E-state index >= 15 is 0 Å². The number of piperazine rings is 1. The van der Waals surface area contributed by atoms with E-state index in [-0.39, 0.29) is 6.61 Å². The topological polar surface area (TPSA) is 44.3 Å². The second-order valence-electron chi connectivity index (χ2n) is 3.36. The molecule has 0 bridgehead atoms.